The van der Waals surface area contributed by atoms with Gasteiger partial charge in [0.05, 0.1) is 7.11 Å². The average Bonchev–Trinajstić information content (AvgIpc) is 1.98. The molecule has 0 rings (SSSR count). The monoisotopic (exact) mass is 229 g/mol. The molecule has 0 spiro atoms. The number of carbonyl (C=O) groups excluding carboxylic acids is 1. The van der Waals surface area contributed by atoms with Crippen LogP contribution >= 0.6 is 0 Å². The molecule has 4 heteroatoms. The number of carbonyl (C=O) groups is 1. The van der Waals surface area contributed by atoms with E-state index in [1.807, 2.05) is 6.07 Å². The minimum atomic E-state index is -0.296. The normalized spacial score (nSPS) is 10.6. The summed E-state index contributed by atoms with van der Waals surface area (Å²) < 4.78 is 4.43. The first kappa shape index (κ1) is 13.6. The molecule has 0 saturated carbocycles. The topological polar surface area (TPSA) is 50.1 Å². The number of methoxy groups -OCH3 is 1. The molecule has 0 aromatic rings. The molecule has 0 aliphatic rings. The van der Waals surface area contributed by atoms with Gasteiger partial charge in [0.2, 0.25) is 0 Å². The Labute approximate surface area is 92.0 Å². The van der Waals surface area contributed by atoms with Crippen molar-refractivity contribution in [2.75, 3.05) is 7.11 Å². The third kappa shape index (κ3) is 6.46. The zero-order chi connectivity index (χ0) is 7.98. The van der Waals surface area contributed by atoms with Crippen molar-refractivity contribution in [2.24, 2.45) is 5.92 Å². The Morgan fingerprint density at radius 1 is 1.82 bits per heavy atom. The molecule has 0 aromatic carbocycles. The molecule has 3 nitrogen and oxygen atoms in total. The smallest absolute Gasteiger partial charge is 0.471 e. The number of nitrogens with zero attached hydrogens (tertiary/aromatic N) is 1. The fourth-order valence-corrected chi connectivity index (χ4v) is 0.512. The van der Waals surface area contributed by atoms with Crippen LogP contribution in [0.25, 0.3) is 0 Å². The molecule has 0 heterocycles. The summed E-state index contributed by atoms with van der Waals surface area (Å²) in [5.74, 6) is -0.570. The quantitative estimate of drug-likeness (QED) is 0.533. The van der Waals surface area contributed by atoms with E-state index in [0.29, 0.717) is 0 Å². The van der Waals surface area contributed by atoms with Crippen molar-refractivity contribution >= 4 is 5.97 Å². The van der Waals surface area contributed by atoms with Gasteiger partial charge in [0, 0.05) is 6.07 Å². The molecule has 1 unspecified atom stereocenters. The molecule has 0 aliphatic heterocycles. The second-order valence-corrected chi connectivity index (χ2v) is 1.91. The molecule has 0 radical (unpaired) electrons. The van der Waals surface area contributed by atoms with Crippen molar-refractivity contribution in [3.8, 4) is 6.07 Å². The van der Waals surface area contributed by atoms with Gasteiger partial charge in [-0.05, 0) is 0 Å². The minimum Gasteiger partial charge on any atom is -0.471 e. The van der Waals surface area contributed by atoms with Gasteiger partial charge in [0.1, 0.15) is 0 Å². The first-order chi connectivity index (χ1) is 4.72. The molecule has 0 amide bonds. The zero-order valence-corrected chi connectivity index (χ0v) is 9.54. The van der Waals surface area contributed by atoms with Crippen LogP contribution in [0.4, 0.5) is 0 Å². The first-order valence-corrected chi connectivity index (χ1v) is 3.00. The van der Waals surface area contributed by atoms with Crippen molar-refractivity contribution in [1.82, 2.24) is 0 Å². The van der Waals surface area contributed by atoms with Gasteiger partial charge in [-0.25, -0.2) is 5.26 Å². The minimum absolute atomic E-state index is 0. The Balaban J connectivity index is 0. The summed E-state index contributed by atoms with van der Waals surface area (Å²) in [5, 5.41) is 8.14. The number of hydrogen-bond acceptors (Lipinski definition) is 3. The van der Waals surface area contributed by atoms with Crippen LogP contribution in [0.1, 0.15) is 13.3 Å². The van der Waals surface area contributed by atoms with Crippen LogP contribution in [-0.4, -0.2) is 13.1 Å². The van der Waals surface area contributed by atoms with Gasteiger partial charge < -0.3 is 11.2 Å². The Morgan fingerprint density at radius 3 is 2.73 bits per heavy atom. The molecule has 56 valence electrons. The Morgan fingerprint density at radius 2 is 2.36 bits per heavy atom. The van der Waals surface area contributed by atoms with Crippen molar-refractivity contribution in [1.29, 1.82) is 5.26 Å². The van der Waals surface area contributed by atoms with Gasteiger partial charge in [0.15, 0.2) is 0 Å². The molecule has 0 bridgehead atoms. The van der Waals surface area contributed by atoms with Crippen LogP contribution in [0.3, 0.4) is 0 Å². The van der Waals surface area contributed by atoms with Gasteiger partial charge in [-0.1, -0.05) is 19.3 Å². The fourth-order valence-electron chi connectivity index (χ4n) is 0.512. The van der Waals surface area contributed by atoms with E-state index in [9.17, 15) is 4.79 Å². The zero-order valence-electron chi connectivity index (χ0n) is 6.70. The van der Waals surface area contributed by atoms with E-state index in [-0.39, 0.29) is 51.0 Å². The van der Waals surface area contributed by atoms with Crippen molar-refractivity contribution in [3.63, 3.8) is 0 Å². The summed E-state index contributed by atoms with van der Waals surface area (Å²) in [6.07, 6.45) is 1.90. The van der Waals surface area contributed by atoms with Crippen LogP contribution in [0.5, 0.6) is 0 Å². The third-order valence-corrected chi connectivity index (χ3v) is 1.14. The molecule has 0 saturated heterocycles. The van der Waals surface area contributed by atoms with Crippen molar-refractivity contribution in [2.45, 2.75) is 13.3 Å². The molecule has 0 aromatic heterocycles. The fraction of sp³-hybridized carbons (Fsp3) is 0.571. The second-order valence-electron chi connectivity index (χ2n) is 1.91. The van der Waals surface area contributed by atoms with Gasteiger partial charge in [-0.2, -0.15) is 0 Å². The largest absolute Gasteiger partial charge is 3.00 e. The Bertz CT molecular complexity index is 153. The standard InChI is InChI=1S/C7H10NO2.Y/c1-6(4-3-5-8)7(9)10-2;/h4,6H,3H2,1-2H3;/q-1;+3. The molecule has 0 aliphatic carbocycles. The first-order valence-electron chi connectivity index (χ1n) is 3.00. The number of esters is 1. The van der Waals surface area contributed by atoms with E-state index in [2.05, 4.69) is 4.74 Å². The van der Waals surface area contributed by atoms with E-state index >= 15 is 0 Å². The molecular weight excluding hydrogens is 219 g/mol. The van der Waals surface area contributed by atoms with Crippen molar-refractivity contribution in [3.05, 3.63) is 6.42 Å². The number of rotatable bonds is 3. The average molecular weight is 229 g/mol. The third-order valence-electron chi connectivity index (χ3n) is 1.14. The van der Waals surface area contributed by atoms with Crippen LogP contribution in [-0.2, 0) is 42.2 Å². The van der Waals surface area contributed by atoms with Gasteiger partial charge >= 0.3 is 32.7 Å². The van der Waals surface area contributed by atoms with E-state index in [0.717, 1.165) is 0 Å². The second kappa shape index (κ2) is 8.16. The van der Waals surface area contributed by atoms with E-state index in [1.54, 1.807) is 13.3 Å². The summed E-state index contributed by atoms with van der Waals surface area (Å²) in [5.41, 5.74) is 0. The molecule has 0 fully saturated rings. The Hall–Kier alpha value is 0.0639. The van der Waals surface area contributed by atoms with Gasteiger partial charge in [-0.15, -0.1) is 0 Å². The molecule has 0 N–H and O–H groups in total. The van der Waals surface area contributed by atoms with Gasteiger partial charge in [0.25, 0.3) is 5.97 Å². The molecule has 1 atom stereocenters. The summed E-state index contributed by atoms with van der Waals surface area (Å²) in [7, 11) is 1.33. The van der Waals surface area contributed by atoms with Crippen LogP contribution < -0.4 is 0 Å². The summed E-state index contributed by atoms with van der Waals surface area (Å²) >= 11 is 0. The summed E-state index contributed by atoms with van der Waals surface area (Å²) in [6, 6.07) is 1.91. The maximum Gasteiger partial charge on any atom is 3.00 e. The van der Waals surface area contributed by atoms with Crippen LogP contribution in [0, 0.1) is 23.7 Å². The van der Waals surface area contributed by atoms with E-state index in [4.69, 9.17) is 5.26 Å². The number of hydrogen-bond donors (Lipinski definition) is 0. The maximum absolute atomic E-state index is 10.7. The summed E-state index contributed by atoms with van der Waals surface area (Å²) in [6.45, 7) is 1.70. The number of ether oxygens (including phenoxy) is 1. The van der Waals surface area contributed by atoms with E-state index < -0.39 is 0 Å². The maximum atomic E-state index is 10.7. The predicted octanol–water partition coefficient (Wildman–Crippen LogP) is 0.911. The van der Waals surface area contributed by atoms with Crippen molar-refractivity contribution < 1.29 is 42.2 Å². The van der Waals surface area contributed by atoms with Crippen LogP contribution in [0.2, 0.25) is 0 Å². The SMILES string of the molecule is COC(=O)C(C)[CH-]CC#N.[Y+3]. The van der Waals surface area contributed by atoms with Gasteiger partial charge in [-0.3, -0.25) is 4.79 Å². The molecular formula is C7H10NO2Y+2. The molecule has 11 heavy (non-hydrogen) atoms. The van der Waals surface area contributed by atoms with Crippen LogP contribution in [0.15, 0.2) is 0 Å². The number of nitriles is 1. The van der Waals surface area contributed by atoms with E-state index in [1.165, 1.54) is 7.11 Å². The predicted molar refractivity (Wildman–Crippen MR) is 35.7 cm³/mol. The Kier molecular flexibility index (Phi) is 10.1. The summed E-state index contributed by atoms with van der Waals surface area (Å²) in [4.78, 5) is 10.7.